The summed E-state index contributed by atoms with van der Waals surface area (Å²) in [6.07, 6.45) is -14.7. The fourth-order valence-electron chi connectivity index (χ4n) is 6.78. The Kier molecular flexibility index (Phi) is 19.1. The number of benzene rings is 2. The fraction of sp³-hybridized carbons (Fsp3) is 0.404. The van der Waals surface area contributed by atoms with Gasteiger partial charge in [-0.25, -0.2) is 0 Å². The van der Waals surface area contributed by atoms with Crippen LogP contribution in [0.4, 0.5) is 0 Å². The monoisotopic (exact) mass is 1010 g/mol. The van der Waals surface area contributed by atoms with E-state index in [1.54, 1.807) is 0 Å². The van der Waals surface area contributed by atoms with Crippen molar-refractivity contribution in [3.05, 3.63) is 65.2 Å². The average Bonchev–Trinajstić information content (AvgIpc) is 3.23. The molecule has 0 saturated carbocycles. The maximum absolute atomic E-state index is 15.0. The highest BCUT2D eigenvalue weighted by atomic mass is 17.2. The summed E-state index contributed by atoms with van der Waals surface area (Å²) in [4.78, 5) is 138. The molecule has 0 bridgehead atoms. The summed E-state index contributed by atoms with van der Waals surface area (Å²) in [6, 6.07) is 5.53. The SMILES string of the molecule is C=C(C)OC(C)C(OC(C)=O)C(OC(C)=O)C(=C)OO[C@@H]1O[C@H](Oc2c(-c3ccc(OC(C)=O)c(OC(C)=O)c3)oc3cc(OC(C)=O)cc(OC(C)=O)c3c2=O)[C@H](OC(C)=O)[C@H](OC(C)=O)[C@@H]1OC(C)=O. The van der Waals surface area contributed by atoms with Crippen molar-refractivity contribution in [3.63, 3.8) is 0 Å². The molecule has 0 amide bonds. The van der Waals surface area contributed by atoms with Gasteiger partial charge >= 0.3 is 53.7 Å². The molecule has 4 rings (SSSR count). The van der Waals surface area contributed by atoms with Crippen LogP contribution in [0.2, 0.25) is 0 Å². The van der Waals surface area contributed by atoms with Crippen LogP contribution in [0.15, 0.2) is 64.2 Å². The summed E-state index contributed by atoms with van der Waals surface area (Å²) in [5.74, 6) is -11.9. The van der Waals surface area contributed by atoms with Crippen LogP contribution in [0.1, 0.15) is 76.2 Å². The third kappa shape index (κ3) is 15.3. The van der Waals surface area contributed by atoms with Crippen LogP contribution < -0.4 is 29.1 Å². The lowest BCUT2D eigenvalue weighted by molar-refractivity contribution is -0.427. The number of ether oxygens (including phenoxy) is 12. The Bertz CT molecular complexity index is 2720. The maximum atomic E-state index is 15.0. The number of carbonyl (C=O) groups is 9. The third-order valence-corrected chi connectivity index (χ3v) is 9.02. The normalized spacial score (nSPS) is 18.3. The number of allylic oxidation sites excluding steroid dienone is 1. The first-order valence-corrected chi connectivity index (χ1v) is 21.2. The van der Waals surface area contributed by atoms with Crippen LogP contribution in [0, 0.1) is 0 Å². The van der Waals surface area contributed by atoms with Gasteiger partial charge in [-0.3, -0.25) is 47.9 Å². The van der Waals surface area contributed by atoms with Crippen LogP contribution >= 0.6 is 0 Å². The van der Waals surface area contributed by atoms with Gasteiger partial charge in [0.15, 0.2) is 41.3 Å². The Hall–Kier alpha value is -8.32. The molecule has 25 heteroatoms. The number of hydrogen-bond acceptors (Lipinski definition) is 25. The van der Waals surface area contributed by atoms with E-state index in [4.69, 9.17) is 71.0 Å². The van der Waals surface area contributed by atoms with Crippen molar-refractivity contribution in [1.82, 2.24) is 0 Å². The van der Waals surface area contributed by atoms with Gasteiger partial charge < -0.3 is 66.1 Å². The zero-order valence-corrected chi connectivity index (χ0v) is 40.6. The standard InChI is InChI=1S/C47H50O25/c1-19(2)58-20(3)39(63-26(9)52)40(64-27(10)53)21(4)71-72-47-45(67-30(13)56)43(65-28(11)54)44(66-29(12)55)46(70-47)69-42-38(57)37-35(62-25(8)51)17-32(59-22(5)48)18-36(37)68-41(42)31-14-15-33(60-23(6)49)34(16-31)61-24(7)50/h14-18,20,39-40,43-47H,1,4H2,2-3,5-13H3/t20?,39?,40?,43-,44+,45-,46-,47-/m0/s1. The quantitative estimate of drug-likeness (QED) is 0.0381. The molecule has 2 heterocycles. The lowest BCUT2D eigenvalue weighted by atomic mass is 10.0. The van der Waals surface area contributed by atoms with Crippen LogP contribution in [-0.2, 0) is 86.1 Å². The lowest BCUT2D eigenvalue weighted by Crippen LogP contribution is -2.63. The molecule has 0 radical (unpaired) electrons. The van der Waals surface area contributed by atoms with Gasteiger partial charge in [0.25, 0.3) is 0 Å². The van der Waals surface area contributed by atoms with E-state index in [2.05, 4.69) is 13.2 Å². The summed E-state index contributed by atoms with van der Waals surface area (Å²) >= 11 is 0. The summed E-state index contributed by atoms with van der Waals surface area (Å²) < 4.78 is 72.6. The Morgan fingerprint density at radius 1 is 0.569 bits per heavy atom. The molecule has 25 nitrogen and oxygen atoms in total. The zero-order chi connectivity index (χ0) is 53.9. The predicted molar refractivity (Wildman–Crippen MR) is 237 cm³/mol. The van der Waals surface area contributed by atoms with E-state index in [1.807, 2.05) is 0 Å². The fourth-order valence-corrected chi connectivity index (χ4v) is 6.78. The molecule has 1 aliphatic heterocycles. The van der Waals surface area contributed by atoms with Gasteiger partial charge in [0, 0.05) is 80.0 Å². The molecule has 8 atom stereocenters. The highest BCUT2D eigenvalue weighted by Gasteiger charge is 2.55. The third-order valence-electron chi connectivity index (χ3n) is 9.02. The summed E-state index contributed by atoms with van der Waals surface area (Å²) in [6.45, 7) is 19.3. The highest BCUT2D eigenvalue weighted by Crippen LogP contribution is 2.42. The second kappa shape index (κ2) is 24.5. The molecular formula is C47H50O25. The van der Waals surface area contributed by atoms with E-state index >= 15 is 4.79 Å². The summed E-state index contributed by atoms with van der Waals surface area (Å²) in [5.41, 5.74) is -1.80. The van der Waals surface area contributed by atoms with Crippen LogP contribution in [0.25, 0.3) is 22.3 Å². The minimum Gasteiger partial charge on any atom is -0.492 e. The summed E-state index contributed by atoms with van der Waals surface area (Å²) in [5, 5.41) is -0.540. The predicted octanol–water partition coefficient (Wildman–Crippen LogP) is 4.28. The number of rotatable bonds is 20. The van der Waals surface area contributed by atoms with E-state index in [1.165, 1.54) is 19.9 Å². The van der Waals surface area contributed by atoms with Gasteiger partial charge in [-0.1, -0.05) is 13.2 Å². The lowest BCUT2D eigenvalue weighted by Gasteiger charge is -2.43. The van der Waals surface area contributed by atoms with E-state index < -0.39 is 148 Å². The Balaban J connectivity index is 2.03. The second-order valence-corrected chi connectivity index (χ2v) is 15.4. The van der Waals surface area contributed by atoms with E-state index in [9.17, 15) is 43.2 Å². The Morgan fingerprint density at radius 3 is 1.62 bits per heavy atom. The molecule has 0 spiro atoms. The van der Waals surface area contributed by atoms with Crippen molar-refractivity contribution < 1.29 is 114 Å². The number of carbonyl (C=O) groups excluding carboxylic acids is 9. The Morgan fingerprint density at radius 2 is 1.10 bits per heavy atom. The molecular weight excluding hydrogens is 964 g/mol. The van der Waals surface area contributed by atoms with Crippen LogP contribution in [0.3, 0.4) is 0 Å². The highest BCUT2D eigenvalue weighted by molar-refractivity contribution is 5.91. The Labute approximate surface area is 408 Å². The molecule has 72 heavy (non-hydrogen) atoms. The molecule has 1 fully saturated rings. The zero-order valence-electron chi connectivity index (χ0n) is 40.6. The number of hydrogen-bond donors (Lipinski definition) is 0. The van der Waals surface area contributed by atoms with Gasteiger partial charge in [-0.15, -0.1) is 0 Å². The summed E-state index contributed by atoms with van der Waals surface area (Å²) in [7, 11) is 0. The molecule has 3 aromatic rings. The van der Waals surface area contributed by atoms with Crippen LogP contribution in [0.5, 0.6) is 28.7 Å². The largest absolute Gasteiger partial charge is 0.492 e. The van der Waals surface area contributed by atoms with Gasteiger partial charge in [0.05, 0.1) is 5.76 Å². The van der Waals surface area contributed by atoms with Crippen molar-refractivity contribution >= 4 is 64.7 Å². The minimum atomic E-state index is -2.24. The minimum absolute atomic E-state index is 0.163. The van der Waals surface area contributed by atoms with Crippen molar-refractivity contribution in [3.8, 4) is 40.1 Å². The first kappa shape index (κ1) is 56.3. The van der Waals surface area contributed by atoms with Gasteiger partial charge in [-0.05, 0) is 32.0 Å². The van der Waals surface area contributed by atoms with Crippen LogP contribution in [-0.4, -0.2) is 103 Å². The first-order chi connectivity index (χ1) is 33.6. The molecule has 388 valence electrons. The smallest absolute Gasteiger partial charge is 0.308 e. The number of esters is 9. The average molecular weight is 1010 g/mol. The van der Waals surface area contributed by atoms with Gasteiger partial charge in [0.1, 0.15) is 28.6 Å². The van der Waals surface area contributed by atoms with Crippen molar-refractivity contribution in [2.45, 2.75) is 125 Å². The molecule has 0 aliphatic carbocycles. The maximum Gasteiger partial charge on any atom is 0.308 e. The van der Waals surface area contributed by atoms with Crippen molar-refractivity contribution in [2.24, 2.45) is 0 Å². The topological polar surface area (TPSA) is 313 Å². The molecule has 3 unspecified atom stereocenters. The molecule has 1 saturated heterocycles. The number of fused-ring (bicyclic) bond motifs is 1. The van der Waals surface area contributed by atoms with Gasteiger partial charge in [0.2, 0.25) is 36.0 Å². The first-order valence-electron chi connectivity index (χ1n) is 21.2. The molecule has 2 aromatic carbocycles. The van der Waals surface area contributed by atoms with E-state index in [-0.39, 0.29) is 22.8 Å². The molecule has 0 N–H and O–H groups in total. The van der Waals surface area contributed by atoms with Crippen molar-refractivity contribution in [1.29, 1.82) is 0 Å². The molecule has 1 aliphatic rings. The van der Waals surface area contributed by atoms with Gasteiger partial charge in [-0.2, -0.15) is 4.89 Å². The van der Waals surface area contributed by atoms with E-state index in [0.717, 1.165) is 86.6 Å². The second-order valence-electron chi connectivity index (χ2n) is 15.4. The molecule has 1 aromatic heterocycles. The van der Waals surface area contributed by atoms with Crippen molar-refractivity contribution in [2.75, 3.05) is 0 Å². The van der Waals surface area contributed by atoms with E-state index in [0.29, 0.717) is 0 Å².